The van der Waals surface area contributed by atoms with E-state index < -0.39 is 0 Å². The van der Waals surface area contributed by atoms with Gasteiger partial charge in [0.05, 0.1) is 9.21 Å². The fourth-order valence-corrected chi connectivity index (χ4v) is 5.61. The van der Waals surface area contributed by atoms with E-state index in [0.29, 0.717) is 24.8 Å². The highest BCUT2D eigenvalue weighted by molar-refractivity contribution is 7.17. The lowest BCUT2D eigenvalue weighted by molar-refractivity contribution is 0.0924. The van der Waals surface area contributed by atoms with Crippen LogP contribution >= 0.6 is 22.9 Å². The van der Waals surface area contributed by atoms with Crippen molar-refractivity contribution in [3.8, 4) is 0 Å². The van der Waals surface area contributed by atoms with E-state index in [-0.39, 0.29) is 17.9 Å². The molecule has 34 heavy (non-hydrogen) atoms. The molecule has 2 unspecified atom stereocenters. The van der Waals surface area contributed by atoms with Gasteiger partial charge in [-0.2, -0.15) is 5.48 Å². The van der Waals surface area contributed by atoms with Crippen molar-refractivity contribution in [3.05, 3.63) is 63.1 Å². The Kier molecular flexibility index (Phi) is 7.99. The fourth-order valence-electron chi connectivity index (χ4n) is 4.61. The van der Waals surface area contributed by atoms with Crippen molar-refractivity contribution in [2.24, 2.45) is 5.92 Å². The quantitative estimate of drug-likeness (QED) is 0.517. The topological polar surface area (TPSA) is 58.5 Å². The first-order valence-corrected chi connectivity index (χ1v) is 13.0. The number of carbonyl (C=O) groups is 1. The summed E-state index contributed by atoms with van der Waals surface area (Å²) >= 11 is 7.60. The minimum Gasteiger partial charge on any atom is -0.408 e. The van der Waals surface area contributed by atoms with Crippen LogP contribution in [0.2, 0.25) is 4.34 Å². The van der Waals surface area contributed by atoms with E-state index in [2.05, 4.69) is 46.8 Å². The van der Waals surface area contributed by atoms with Crippen LogP contribution in [0.3, 0.4) is 0 Å². The second-order valence-electron chi connectivity index (χ2n) is 9.08. The van der Waals surface area contributed by atoms with Crippen molar-refractivity contribution < 1.29 is 9.63 Å². The Morgan fingerprint density at radius 1 is 1.44 bits per heavy atom. The van der Waals surface area contributed by atoms with Crippen LogP contribution < -0.4 is 10.8 Å². The number of halogens is 1. The summed E-state index contributed by atoms with van der Waals surface area (Å²) in [5.41, 5.74) is 5.64. The number of rotatable bonds is 8. The van der Waals surface area contributed by atoms with Crippen LogP contribution in [0.4, 0.5) is 0 Å². The van der Waals surface area contributed by atoms with Crippen LogP contribution in [-0.4, -0.2) is 47.1 Å². The SMILES string of the molecule is C=Cc1c(/C=C\C)cc(C(=O)NC2CCN(C(C)C)C2)n1CC1C=C(c2ccc(Cl)s2)ONC1. The highest BCUT2D eigenvalue weighted by Gasteiger charge is 2.28. The largest absolute Gasteiger partial charge is 0.408 e. The van der Waals surface area contributed by atoms with Crippen molar-refractivity contribution in [2.45, 2.75) is 45.8 Å². The van der Waals surface area contributed by atoms with Crippen molar-refractivity contribution in [1.82, 2.24) is 20.3 Å². The van der Waals surface area contributed by atoms with Gasteiger partial charge in [-0.25, -0.2) is 0 Å². The first kappa shape index (κ1) is 24.8. The molecular weight excluding hydrogens is 468 g/mol. The highest BCUT2D eigenvalue weighted by Crippen LogP contribution is 2.31. The highest BCUT2D eigenvalue weighted by atomic mass is 35.5. The van der Waals surface area contributed by atoms with Gasteiger partial charge in [0, 0.05) is 55.4 Å². The molecule has 4 rings (SSSR count). The summed E-state index contributed by atoms with van der Waals surface area (Å²) in [6.45, 7) is 13.6. The van der Waals surface area contributed by atoms with E-state index in [1.807, 2.05) is 43.4 Å². The number of carbonyl (C=O) groups excluding carboxylic acids is 1. The molecular formula is C26H33ClN4O2S. The van der Waals surface area contributed by atoms with Gasteiger partial charge in [0.2, 0.25) is 0 Å². The minimum absolute atomic E-state index is 0.0382. The van der Waals surface area contributed by atoms with Crippen LogP contribution in [0.5, 0.6) is 0 Å². The Hall–Kier alpha value is -2.32. The van der Waals surface area contributed by atoms with Crippen LogP contribution in [0.15, 0.2) is 36.9 Å². The average Bonchev–Trinajstić information content (AvgIpc) is 3.53. The molecule has 0 bridgehead atoms. The maximum atomic E-state index is 13.4. The summed E-state index contributed by atoms with van der Waals surface area (Å²) in [7, 11) is 0. The third-order valence-electron chi connectivity index (χ3n) is 6.37. The van der Waals surface area contributed by atoms with E-state index in [4.69, 9.17) is 16.4 Å². The number of hydroxylamine groups is 1. The van der Waals surface area contributed by atoms with Crippen molar-refractivity contribution in [1.29, 1.82) is 0 Å². The van der Waals surface area contributed by atoms with E-state index in [0.717, 1.165) is 45.7 Å². The van der Waals surface area contributed by atoms with E-state index in [9.17, 15) is 4.79 Å². The number of allylic oxidation sites excluding steroid dienone is 1. The molecule has 2 aliphatic rings. The molecule has 0 saturated carbocycles. The van der Waals surface area contributed by atoms with Gasteiger partial charge in [0.25, 0.3) is 5.91 Å². The number of nitrogens with one attached hydrogen (secondary N) is 2. The van der Waals surface area contributed by atoms with Gasteiger partial charge in [0.1, 0.15) is 5.69 Å². The molecule has 1 saturated heterocycles. The molecule has 4 heterocycles. The first-order chi connectivity index (χ1) is 16.4. The number of thiophene rings is 1. The monoisotopic (exact) mass is 500 g/mol. The Morgan fingerprint density at radius 3 is 2.91 bits per heavy atom. The summed E-state index contributed by atoms with van der Waals surface area (Å²) < 4.78 is 2.80. The molecule has 0 spiro atoms. The molecule has 8 heteroatoms. The normalized spacial score (nSPS) is 21.1. The average molecular weight is 501 g/mol. The zero-order valence-electron chi connectivity index (χ0n) is 20.0. The Labute approximate surface area is 210 Å². The maximum Gasteiger partial charge on any atom is 0.268 e. The zero-order valence-corrected chi connectivity index (χ0v) is 21.6. The lowest BCUT2D eigenvalue weighted by Gasteiger charge is -2.24. The van der Waals surface area contributed by atoms with Crippen LogP contribution in [0, 0.1) is 5.92 Å². The fraction of sp³-hybridized carbons (Fsp3) is 0.423. The third-order valence-corrected chi connectivity index (χ3v) is 7.62. The second-order valence-corrected chi connectivity index (χ2v) is 10.8. The first-order valence-electron chi connectivity index (χ1n) is 11.8. The van der Waals surface area contributed by atoms with Gasteiger partial charge in [-0.1, -0.05) is 30.3 Å². The van der Waals surface area contributed by atoms with Crippen molar-refractivity contribution in [2.75, 3.05) is 19.6 Å². The molecule has 2 aromatic heterocycles. The molecule has 2 aliphatic heterocycles. The summed E-state index contributed by atoms with van der Waals surface area (Å²) in [5, 5.41) is 3.27. The number of amides is 1. The van der Waals surface area contributed by atoms with E-state index in [1.165, 1.54) is 11.3 Å². The Bertz CT molecular complexity index is 1100. The summed E-state index contributed by atoms with van der Waals surface area (Å²) in [6, 6.07) is 6.44. The number of aromatic nitrogens is 1. The number of nitrogens with zero attached hydrogens (tertiary/aromatic N) is 2. The summed E-state index contributed by atoms with van der Waals surface area (Å²) in [5.74, 6) is 0.854. The van der Waals surface area contributed by atoms with Gasteiger partial charge < -0.3 is 14.7 Å². The van der Waals surface area contributed by atoms with Gasteiger partial charge >= 0.3 is 0 Å². The molecule has 2 aromatic rings. The van der Waals surface area contributed by atoms with E-state index >= 15 is 0 Å². The predicted molar refractivity (Wildman–Crippen MR) is 142 cm³/mol. The lowest BCUT2D eigenvalue weighted by Crippen LogP contribution is -2.39. The predicted octanol–water partition coefficient (Wildman–Crippen LogP) is 5.28. The van der Waals surface area contributed by atoms with Gasteiger partial charge in [0.15, 0.2) is 5.76 Å². The Balaban J connectivity index is 1.59. The van der Waals surface area contributed by atoms with Crippen LogP contribution in [0.1, 0.15) is 53.8 Å². The molecule has 0 aliphatic carbocycles. The van der Waals surface area contributed by atoms with E-state index in [1.54, 1.807) is 0 Å². The van der Waals surface area contributed by atoms with Crippen molar-refractivity contribution >= 4 is 46.8 Å². The molecule has 1 fully saturated rings. The number of hydrogen-bond acceptors (Lipinski definition) is 5. The number of hydrogen-bond donors (Lipinski definition) is 2. The molecule has 0 aromatic carbocycles. The minimum atomic E-state index is -0.0382. The molecule has 0 radical (unpaired) electrons. The van der Waals surface area contributed by atoms with Gasteiger partial charge in [-0.3, -0.25) is 9.69 Å². The molecule has 1 amide bonds. The Morgan fingerprint density at radius 2 is 2.26 bits per heavy atom. The second kappa shape index (κ2) is 11.0. The molecule has 2 atom stereocenters. The smallest absolute Gasteiger partial charge is 0.268 e. The summed E-state index contributed by atoms with van der Waals surface area (Å²) in [4.78, 5) is 22.5. The van der Waals surface area contributed by atoms with Gasteiger partial charge in [-0.15, -0.1) is 11.3 Å². The molecule has 6 nitrogen and oxygen atoms in total. The van der Waals surface area contributed by atoms with Crippen LogP contribution in [-0.2, 0) is 11.4 Å². The zero-order chi connectivity index (χ0) is 24.2. The number of likely N-dealkylation sites (tertiary alicyclic amines) is 1. The molecule has 2 N–H and O–H groups in total. The summed E-state index contributed by atoms with van der Waals surface area (Å²) in [6.07, 6.45) is 8.93. The van der Waals surface area contributed by atoms with Crippen LogP contribution in [0.25, 0.3) is 17.9 Å². The standard InChI is InChI=1S/C26H33ClN4O2S/c1-5-7-19-13-22(26(32)29-20-10-11-30(16-20)17(3)4)31(21(19)6-2)15-18-12-23(33-28-14-18)24-8-9-25(27)34-24/h5-9,12-13,17-18,20,28H,2,10-11,14-16H2,1,3-4H3,(H,29,32)/b7-5-. The van der Waals surface area contributed by atoms with Crippen molar-refractivity contribution in [3.63, 3.8) is 0 Å². The maximum absolute atomic E-state index is 13.4. The lowest BCUT2D eigenvalue weighted by atomic mass is 10.1. The molecule has 182 valence electrons. The third kappa shape index (κ3) is 5.49. The van der Waals surface area contributed by atoms with Gasteiger partial charge in [-0.05, 0) is 57.5 Å².